The van der Waals surface area contributed by atoms with E-state index >= 15 is 0 Å². The van der Waals surface area contributed by atoms with Crippen LogP contribution < -0.4 is 5.73 Å². The van der Waals surface area contributed by atoms with Crippen molar-refractivity contribution in [1.29, 1.82) is 0 Å². The summed E-state index contributed by atoms with van der Waals surface area (Å²) in [5, 5.41) is 3.98. The Balaban J connectivity index is 2.90. The van der Waals surface area contributed by atoms with Crippen LogP contribution in [0.2, 0.25) is 0 Å². The third-order valence-corrected chi connectivity index (χ3v) is 1.71. The lowest BCUT2D eigenvalue weighted by atomic mass is 10.3. The molecule has 0 aliphatic heterocycles. The highest BCUT2D eigenvalue weighted by Gasteiger charge is 2.09. The van der Waals surface area contributed by atoms with E-state index in [1.807, 2.05) is 19.0 Å². The number of nitrogens with zero attached hydrogens (tertiary/aromatic N) is 3. The van der Waals surface area contributed by atoms with Crippen molar-refractivity contribution in [2.75, 3.05) is 14.1 Å². The number of aryl methyl sites for hydroxylation is 1. The van der Waals surface area contributed by atoms with Crippen molar-refractivity contribution in [3.05, 3.63) is 17.5 Å². The summed E-state index contributed by atoms with van der Waals surface area (Å²) in [6.45, 7) is 0.747. The molecule has 5 heteroatoms. The minimum Gasteiger partial charge on any atom is -0.364 e. The van der Waals surface area contributed by atoms with Gasteiger partial charge in [0.1, 0.15) is 5.69 Å². The molecule has 0 radical (unpaired) electrons. The van der Waals surface area contributed by atoms with E-state index in [2.05, 4.69) is 5.10 Å². The molecule has 0 saturated carbocycles. The van der Waals surface area contributed by atoms with Crippen LogP contribution in [-0.2, 0) is 13.6 Å². The normalized spacial score (nSPS) is 10.8. The summed E-state index contributed by atoms with van der Waals surface area (Å²) < 4.78 is 1.67. The molecule has 13 heavy (non-hydrogen) atoms. The highest BCUT2D eigenvalue weighted by Crippen LogP contribution is 2.04. The number of aromatic nitrogens is 2. The van der Waals surface area contributed by atoms with Crippen LogP contribution >= 0.6 is 0 Å². The van der Waals surface area contributed by atoms with Gasteiger partial charge in [0.05, 0.1) is 5.69 Å². The molecule has 1 heterocycles. The van der Waals surface area contributed by atoms with Crippen molar-refractivity contribution in [1.82, 2.24) is 14.7 Å². The van der Waals surface area contributed by atoms with Gasteiger partial charge < -0.3 is 10.6 Å². The van der Waals surface area contributed by atoms with Gasteiger partial charge in [-0.05, 0) is 20.2 Å². The fourth-order valence-corrected chi connectivity index (χ4v) is 1.10. The van der Waals surface area contributed by atoms with Gasteiger partial charge in [0.2, 0.25) is 0 Å². The number of carbonyl (C=O) groups is 1. The number of nitrogens with two attached hydrogens (primary N) is 1. The molecule has 0 atom stereocenters. The molecule has 5 nitrogen and oxygen atoms in total. The van der Waals surface area contributed by atoms with E-state index in [-0.39, 0.29) is 0 Å². The topological polar surface area (TPSA) is 64.2 Å². The van der Waals surface area contributed by atoms with Crippen molar-refractivity contribution >= 4 is 5.91 Å². The van der Waals surface area contributed by atoms with E-state index in [0.29, 0.717) is 5.69 Å². The monoisotopic (exact) mass is 182 g/mol. The van der Waals surface area contributed by atoms with Crippen LogP contribution in [0.5, 0.6) is 0 Å². The maximum Gasteiger partial charge on any atom is 0.269 e. The molecular weight excluding hydrogens is 168 g/mol. The van der Waals surface area contributed by atoms with Gasteiger partial charge in [0.15, 0.2) is 0 Å². The Kier molecular flexibility index (Phi) is 2.67. The zero-order chi connectivity index (χ0) is 10.0. The largest absolute Gasteiger partial charge is 0.364 e. The number of hydrogen-bond acceptors (Lipinski definition) is 3. The van der Waals surface area contributed by atoms with Gasteiger partial charge in [-0.2, -0.15) is 5.10 Å². The molecule has 0 spiro atoms. The average Bonchev–Trinajstić information content (AvgIpc) is 2.31. The molecule has 0 unspecified atom stereocenters. The van der Waals surface area contributed by atoms with Crippen LogP contribution in [0.3, 0.4) is 0 Å². The summed E-state index contributed by atoms with van der Waals surface area (Å²) in [5.41, 5.74) is 6.39. The Hall–Kier alpha value is -1.36. The first-order chi connectivity index (χ1) is 6.00. The summed E-state index contributed by atoms with van der Waals surface area (Å²) in [6.07, 6.45) is 0. The van der Waals surface area contributed by atoms with Gasteiger partial charge >= 0.3 is 0 Å². The zero-order valence-electron chi connectivity index (χ0n) is 8.11. The third-order valence-electron chi connectivity index (χ3n) is 1.71. The van der Waals surface area contributed by atoms with Crippen LogP contribution in [0.25, 0.3) is 0 Å². The van der Waals surface area contributed by atoms with E-state index in [9.17, 15) is 4.79 Å². The van der Waals surface area contributed by atoms with Crippen molar-refractivity contribution in [2.24, 2.45) is 12.8 Å². The Morgan fingerprint density at radius 1 is 1.69 bits per heavy atom. The molecule has 0 aliphatic carbocycles. The van der Waals surface area contributed by atoms with Crippen LogP contribution in [0.1, 0.15) is 16.2 Å². The van der Waals surface area contributed by atoms with Crippen molar-refractivity contribution < 1.29 is 4.79 Å². The van der Waals surface area contributed by atoms with Gasteiger partial charge in [-0.15, -0.1) is 0 Å². The molecule has 0 fully saturated rings. The Morgan fingerprint density at radius 3 is 2.69 bits per heavy atom. The van der Waals surface area contributed by atoms with Crippen LogP contribution in [0.15, 0.2) is 6.07 Å². The van der Waals surface area contributed by atoms with E-state index in [0.717, 1.165) is 12.2 Å². The second kappa shape index (κ2) is 3.57. The molecule has 1 aromatic rings. The number of hydrogen-bond donors (Lipinski definition) is 1. The standard InChI is InChI=1S/C8H14N4O/c1-11(2)5-6-4-7(8(9)13)10-12(6)3/h4H,5H2,1-3H3,(H2,9,13). The minimum atomic E-state index is -0.486. The quantitative estimate of drug-likeness (QED) is 0.690. The highest BCUT2D eigenvalue weighted by atomic mass is 16.1. The van der Waals surface area contributed by atoms with Crippen molar-refractivity contribution in [2.45, 2.75) is 6.54 Å². The van der Waals surface area contributed by atoms with E-state index in [1.165, 1.54) is 0 Å². The fourth-order valence-electron chi connectivity index (χ4n) is 1.10. The molecule has 0 bridgehead atoms. The zero-order valence-corrected chi connectivity index (χ0v) is 8.11. The first-order valence-corrected chi connectivity index (χ1v) is 3.98. The lowest BCUT2D eigenvalue weighted by Gasteiger charge is -2.08. The average molecular weight is 182 g/mol. The molecule has 2 N–H and O–H groups in total. The van der Waals surface area contributed by atoms with E-state index in [4.69, 9.17) is 5.73 Å². The molecular formula is C8H14N4O. The maximum atomic E-state index is 10.8. The van der Waals surface area contributed by atoms with Crippen LogP contribution in [0.4, 0.5) is 0 Å². The fraction of sp³-hybridized carbons (Fsp3) is 0.500. The summed E-state index contributed by atoms with van der Waals surface area (Å²) in [7, 11) is 5.71. The lowest BCUT2D eigenvalue weighted by molar-refractivity contribution is 0.0995. The summed E-state index contributed by atoms with van der Waals surface area (Å²) in [6, 6.07) is 1.71. The summed E-state index contributed by atoms with van der Waals surface area (Å²) in [5.74, 6) is -0.486. The molecule has 1 rings (SSSR count). The van der Waals surface area contributed by atoms with E-state index < -0.39 is 5.91 Å². The van der Waals surface area contributed by atoms with Gasteiger partial charge in [-0.25, -0.2) is 0 Å². The van der Waals surface area contributed by atoms with Gasteiger partial charge in [0, 0.05) is 13.6 Å². The number of amides is 1. The Morgan fingerprint density at radius 2 is 2.31 bits per heavy atom. The van der Waals surface area contributed by atoms with Gasteiger partial charge in [0.25, 0.3) is 5.91 Å². The summed E-state index contributed by atoms with van der Waals surface area (Å²) >= 11 is 0. The molecule has 0 aliphatic rings. The number of carbonyl (C=O) groups excluding carboxylic acids is 1. The minimum absolute atomic E-state index is 0.319. The predicted octanol–water partition coefficient (Wildman–Crippen LogP) is -0.419. The van der Waals surface area contributed by atoms with Crippen molar-refractivity contribution in [3.63, 3.8) is 0 Å². The first-order valence-electron chi connectivity index (χ1n) is 3.98. The predicted molar refractivity (Wildman–Crippen MR) is 49.1 cm³/mol. The van der Waals surface area contributed by atoms with Crippen LogP contribution in [-0.4, -0.2) is 34.7 Å². The number of rotatable bonds is 3. The molecule has 0 aromatic carbocycles. The second-order valence-corrected chi connectivity index (χ2v) is 3.25. The Bertz CT molecular complexity index is 316. The molecule has 1 aromatic heterocycles. The lowest BCUT2D eigenvalue weighted by Crippen LogP contribution is -2.13. The molecule has 72 valence electrons. The third kappa shape index (κ3) is 2.29. The molecule has 1 amide bonds. The smallest absolute Gasteiger partial charge is 0.269 e. The highest BCUT2D eigenvalue weighted by molar-refractivity contribution is 5.90. The van der Waals surface area contributed by atoms with Gasteiger partial charge in [-0.1, -0.05) is 0 Å². The number of primary amides is 1. The summed E-state index contributed by atoms with van der Waals surface area (Å²) in [4.78, 5) is 12.8. The van der Waals surface area contributed by atoms with Crippen LogP contribution in [0, 0.1) is 0 Å². The van der Waals surface area contributed by atoms with Gasteiger partial charge in [-0.3, -0.25) is 9.48 Å². The SMILES string of the molecule is CN(C)Cc1cc(C(N)=O)nn1C. The van der Waals surface area contributed by atoms with E-state index in [1.54, 1.807) is 17.8 Å². The second-order valence-electron chi connectivity index (χ2n) is 3.25. The van der Waals surface area contributed by atoms with Crippen molar-refractivity contribution in [3.8, 4) is 0 Å². The molecule has 0 saturated heterocycles. The maximum absolute atomic E-state index is 10.8. The Labute approximate surface area is 77.1 Å². The first kappa shape index (κ1) is 9.73.